The lowest BCUT2D eigenvalue weighted by molar-refractivity contribution is 0.200. The van der Waals surface area contributed by atoms with Crippen molar-refractivity contribution in [2.24, 2.45) is 5.41 Å². The molecule has 2 aromatic carbocycles. The van der Waals surface area contributed by atoms with E-state index in [0.29, 0.717) is 31.0 Å². The summed E-state index contributed by atoms with van der Waals surface area (Å²) in [6.07, 6.45) is 5.76. The first-order valence-electron chi connectivity index (χ1n) is 11.4. The molecule has 2 aliphatic rings. The van der Waals surface area contributed by atoms with Crippen LogP contribution in [0.3, 0.4) is 0 Å². The predicted molar refractivity (Wildman–Crippen MR) is 134 cm³/mol. The quantitative estimate of drug-likeness (QED) is 0.552. The Morgan fingerprint density at radius 1 is 1.06 bits per heavy atom. The predicted octanol–water partition coefficient (Wildman–Crippen LogP) is 5.25. The Hall–Kier alpha value is -1.76. The number of halogens is 1. The van der Waals surface area contributed by atoms with Gasteiger partial charge in [0.05, 0.1) is 11.4 Å². The molecule has 0 radical (unpaired) electrons. The number of rotatable bonds is 7. The Morgan fingerprint density at radius 3 is 2.44 bits per heavy atom. The second-order valence-electron chi connectivity index (χ2n) is 9.56. The van der Waals surface area contributed by atoms with E-state index in [1.165, 1.54) is 30.0 Å². The minimum Gasteiger partial charge on any atom is -0.492 e. The van der Waals surface area contributed by atoms with Gasteiger partial charge in [-0.2, -0.15) is 0 Å². The Labute approximate surface area is 199 Å². The van der Waals surface area contributed by atoms with Crippen LogP contribution >= 0.6 is 12.4 Å². The number of nitrogens with zero attached hydrogens (tertiary/aromatic N) is 1. The Balaban J connectivity index is 0.00000289. The van der Waals surface area contributed by atoms with Crippen molar-refractivity contribution >= 4 is 28.1 Å². The second kappa shape index (κ2) is 10.4. The summed E-state index contributed by atoms with van der Waals surface area (Å²) in [5.74, 6) is 1.09. The van der Waals surface area contributed by atoms with E-state index in [9.17, 15) is 8.42 Å². The highest BCUT2D eigenvalue weighted by atomic mass is 35.5. The lowest BCUT2D eigenvalue weighted by Gasteiger charge is -2.34. The van der Waals surface area contributed by atoms with Gasteiger partial charge in [0.1, 0.15) is 12.4 Å². The average Bonchev–Trinajstić information content (AvgIpc) is 3.12. The van der Waals surface area contributed by atoms with Gasteiger partial charge in [0.25, 0.3) is 0 Å². The van der Waals surface area contributed by atoms with Crippen molar-refractivity contribution < 1.29 is 13.2 Å². The fourth-order valence-electron chi connectivity index (χ4n) is 4.55. The monoisotopic (exact) mass is 478 g/mol. The van der Waals surface area contributed by atoms with Gasteiger partial charge in [-0.25, -0.2) is 8.42 Å². The van der Waals surface area contributed by atoms with Gasteiger partial charge >= 0.3 is 0 Å². The molecule has 1 aliphatic carbocycles. The van der Waals surface area contributed by atoms with Crippen LogP contribution in [0, 0.1) is 5.41 Å². The van der Waals surface area contributed by atoms with Gasteiger partial charge in [-0.1, -0.05) is 38.1 Å². The number of ether oxygens (including phenoxy) is 1. The molecule has 1 N–H and O–H groups in total. The second-order valence-corrected chi connectivity index (χ2v) is 11.6. The van der Waals surface area contributed by atoms with Crippen LogP contribution in [0.2, 0.25) is 0 Å². The minimum atomic E-state index is -3.17. The molecule has 7 heteroatoms. The summed E-state index contributed by atoms with van der Waals surface area (Å²) in [5, 5.41) is 3.63. The molecule has 0 bridgehead atoms. The van der Waals surface area contributed by atoms with E-state index in [2.05, 4.69) is 19.2 Å². The van der Waals surface area contributed by atoms with E-state index < -0.39 is 10.0 Å². The van der Waals surface area contributed by atoms with Crippen LogP contribution in [0.5, 0.6) is 5.75 Å². The van der Waals surface area contributed by atoms with Crippen LogP contribution in [-0.2, 0) is 10.0 Å². The molecule has 2 fully saturated rings. The summed E-state index contributed by atoms with van der Waals surface area (Å²) >= 11 is 0. The molecule has 176 valence electrons. The highest BCUT2D eigenvalue weighted by molar-refractivity contribution is 7.93. The minimum absolute atomic E-state index is 0. The molecule has 2 aromatic rings. The SMILES string of the molecule is CC1(C)CCC(NCCOc2ccc(-c3cccc(N4CCCS4(=O)=O)c3)cc2)CC1.Cl. The maximum absolute atomic E-state index is 12.2. The fraction of sp³-hybridized carbons (Fsp3) is 0.520. The first-order chi connectivity index (χ1) is 14.8. The van der Waals surface area contributed by atoms with Gasteiger partial charge in [0, 0.05) is 19.1 Å². The maximum Gasteiger partial charge on any atom is 0.235 e. The first-order valence-corrected chi connectivity index (χ1v) is 13.0. The summed E-state index contributed by atoms with van der Waals surface area (Å²) in [5.41, 5.74) is 3.30. The third kappa shape index (κ3) is 6.18. The lowest BCUT2D eigenvalue weighted by Crippen LogP contribution is -2.37. The molecule has 1 saturated carbocycles. The topological polar surface area (TPSA) is 58.6 Å². The molecule has 0 spiro atoms. The highest BCUT2D eigenvalue weighted by Crippen LogP contribution is 2.35. The number of benzene rings is 2. The molecule has 1 aliphatic heterocycles. The Bertz CT molecular complexity index is 983. The summed E-state index contributed by atoms with van der Waals surface area (Å²) in [6, 6.07) is 16.4. The van der Waals surface area contributed by atoms with Crippen molar-refractivity contribution in [1.29, 1.82) is 0 Å². The molecule has 32 heavy (non-hydrogen) atoms. The molecule has 1 saturated heterocycles. The largest absolute Gasteiger partial charge is 0.492 e. The number of hydrogen-bond donors (Lipinski definition) is 1. The molecular formula is C25H35ClN2O3S. The summed E-state index contributed by atoms with van der Waals surface area (Å²) in [4.78, 5) is 0. The Morgan fingerprint density at radius 2 is 1.78 bits per heavy atom. The van der Waals surface area contributed by atoms with E-state index in [1.54, 1.807) is 0 Å². The molecule has 0 amide bonds. The van der Waals surface area contributed by atoms with Crippen LogP contribution in [0.25, 0.3) is 11.1 Å². The van der Waals surface area contributed by atoms with Gasteiger partial charge in [-0.15, -0.1) is 12.4 Å². The van der Waals surface area contributed by atoms with E-state index in [1.807, 2.05) is 48.5 Å². The van der Waals surface area contributed by atoms with E-state index in [-0.39, 0.29) is 18.2 Å². The van der Waals surface area contributed by atoms with Gasteiger partial charge in [0.2, 0.25) is 10.0 Å². The standard InChI is InChI=1S/C25H34N2O3S.ClH/c1-25(2)13-11-22(12-14-25)26-15-17-30-24-9-7-20(8-10-24)21-5-3-6-23(19-21)27-16-4-18-31(27,28)29;/h3,5-10,19,22,26H,4,11-18H2,1-2H3;1H. The number of hydrogen-bond acceptors (Lipinski definition) is 4. The van der Waals surface area contributed by atoms with E-state index >= 15 is 0 Å². The summed E-state index contributed by atoms with van der Waals surface area (Å²) in [7, 11) is -3.17. The lowest BCUT2D eigenvalue weighted by atomic mass is 9.75. The highest BCUT2D eigenvalue weighted by Gasteiger charge is 2.28. The molecular weight excluding hydrogens is 444 g/mol. The maximum atomic E-state index is 12.2. The number of nitrogens with one attached hydrogen (secondary N) is 1. The summed E-state index contributed by atoms with van der Waals surface area (Å²) in [6.45, 7) is 6.80. The Kier molecular flexibility index (Phi) is 8.12. The molecule has 0 atom stereocenters. The number of sulfonamides is 1. The molecule has 0 unspecified atom stereocenters. The third-order valence-electron chi connectivity index (χ3n) is 6.56. The molecule has 4 rings (SSSR count). The van der Waals surface area contributed by atoms with Gasteiger partial charge in [-0.05, 0) is 72.9 Å². The van der Waals surface area contributed by atoms with Crippen molar-refractivity contribution in [3.8, 4) is 16.9 Å². The first kappa shape index (κ1) is 24.9. The van der Waals surface area contributed by atoms with Crippen molar-refractivity contribution in [1.82, 2.24) is 5.32 Å². The van der Waals surface area contributed by atoms with Gasteiger partial charge in [0.15, 0.2) is 0 Å². The average molecular weight is 479 g/mol. The number of anilines is 1. The van der Waals surface area contributed by atoms with Crippen LogP contribution in [-0.4, -0.2) is 39.9 Å². The molecule has 0 aromatic heterocycles. The van der Waals surface area contributed by atoms with Crippen molar-refractivity contribution in [3.05, 3.63) is 48.5 Å². The van der Waals surface area contributed by atoms with Gasteiger partial charge < -0.3 is 10.1 Å². The van der Waals surface area contributed by atoms with Crippen molar-refractivity contribution in [2.75, 3.05) is 29.8 Å². The van der Waals surface area contributed by atoms with Crippen LogP contribution in [0.4, 0.5) is 5.69 Å². The zero-order valence-electron chi connectivity index (χ0n) is 19.0. The van der Waals surface area contributed by atoms with Crippen LogP contribution in [0.15, 0.2) is 48.5 Å². The van der Waals surface area contributed by atoms with E-state index in [0.717, 1.165) is 29.1 Å². The zero-order valence-corrected chi connectivity index (χ0v) is 20.7. The van der Waals surface area contributed by atoms with Crippen molar-refractivity contribution in [3.63, 3.8) is 0 Å². The smallest absolute Gasteiger partial charge is 0.235 e. The fourth-order valence-corrected chi connectivity index (χ4v) is 6.11. The van der Waals surface area contributed by atoms with Crippen molar-refractivity contribution in [2.45, 2.75) is 52.0 Å². The molecule has 1 heterocycles. The third-order valence-corrected chi connectivity index (χ3v) is 8.43. The molecule has 5 nitrogen and oxygen atoms in total. The van der Waals surface area contributed by atoms with Crippen LogP contribution < -0.4 is 14.4 Å². The summed E-state index contributed by atoms with van der Waals surface area (Å²) < 4.78 is 31.9. The zero-order chi connectivity index (χ0) is 21.9. The van der Waals surface area contributed by atoms with E-state index in [4.69, 9.17) is 4.74 Å². The van der Waals surface area contributed by atoms with Gasteiger partial charge in [-0.3, -0.25) is 4.31 Å². The normalized spacial score (nSPS) is 20.0. The van der Waals surface area contributed by atoms with Crippen LogP contribution in [0.1, 0.15) is 46.0 Å².